The van der Waals surface area contributed by atoms with Gasteiger partial charge in [-0.2, -0.15) is 4.99 Å². The minimum absolute atomic E-state index is 0.341. The van der Waals surface area contributed by atoms with Crippen LogP contribution >= 0.6 is 23.2 Å². The van der Waals surface area contributed by atoms with Gasteiger partial charge in [-0.25, -0.2) is 4.79 Å². The second-order valence-electron chi connectivity index (χ2n) is 7.81. The van der Waals surface area contributed by atoms with Gasteiger partial charge in [0.2, 0.25) is 0 Å². The van der Waals surface area contributed by atoms with Crippen molar-refractivity contribution in [2.75, 3.05) is 4.90 Å². The molecule has 1 unspecified atom stereocenters. The van der Waals surface area contributed by atoms with Crippen molar-refractivity contribution < 1.29 is 4.79 Å². The van der Waals surface area contributed by atoms with E-state index in [0.717, 1.165) is 11.1 Å². The molecule has 31 heavy (non-hydrogen) atoms. The van der Waals surface area contributed by atoms with Crippen LogP contribution in [0.4, 0.5) is 10.5 Å². The van der Waals surface area contributed by atoms with Crippen LogP contribution in [0, 0.1) is 0 Å². The number of amidine groups is 1. The molecule has 1 aliphatic rings. The Balaban J connectivity index is 1.70. The molecule has 0 aromatic heterocycles. The number of carbonyl (C=O) groups is 1. The summed E-state index contributed by atoms with van der Waals surface area (Å²) in [6, 6.07) is 22.8. The maximum atomic E-state index is 13.0. The summed E-state index contributed by atoms with van der Waals surface area (Å²) < 4.78 is 0. The highest BCUT2D eigenvalue weighted by Gasteiger charge is 2.37. The molecule has 1 atom stereocenters. The average molecular weight is 452 g/mol. The third-order valence-electron chi connectivity index (χ3n) is 5.36. The maximum absolute atomic E-state index is 13.0. The molecule has 6 heteroatoms. The fraction of sp³-hybridized carbons (Fsp3) is 0.200. The van der Waals surface area contributed by atoms with Crippen LogP contribution in [0.15, 0.2) is 77.8 Å². The van der Waals surface area contributed by atoms with E-state index in [9.17, 15) is 4.79 Å². The quantitative estimate of drug-likeness (QED) is 0.454. The lowest BCUT2D eigenvalue weighted by atomic mass is 9.98. The Bertz CT molecular complexity index is 1110. The number of amides is 2. The van der Waals surface area contributed by atoms with E-state index in [1.807, 2.05) is 30.3 Å². The van der Waals surface area contributed by atoms with Crippen LogP contribution in [0.1, 0.15) is 42.5 Å². The van der Waals surface area contributed by atoms with Gasteiger partial charge in [0, 0.05) is 12.2 Å². The van der Waals surface area contributed by atoms with Gasteiger partial charge in [0.1, 0.15) is 11.9 Å². The monoisotopic (exact) mass is 451 g/mol. The van der Waals surface area contributed by atoms with Gasteiger partial charge in [0.05, 0.1) is 10.0 Å². The van der Waals surface area contributed by atoms with E-state index in [2.05, 4.69) is 48.4 Å². The number of hydrogen-bond acceptors (Lipinski definition) is 2. The van der Waals surface area contributed by atoms with E-state index in [0.29, 0.717) is 34.0 Å². The zero-order chi connectivity index (χ0) is 22.0. The first-order chi connectivity index (χ1) is 14.9. The van der Waals surface area contributed by atoms with E-state index in [-0.39, 0.29) is 12.1 Å². The largest absolute Gasteiger partial charge is 0.367 e. The van der Waals surface area contributed by atoms with Crippen molar-refractivity contribution in [3.8, 4) is 0 Å². The summed E-state index contributed by atoms with van der Waals surface area (Å²) in [5.74, 6) is 1.03. The minimum atomic E-state index is -0.380. The summed E-state index contributed by atoms with van der Waals surface area (Å²) in [7, 11) is 0. The number of hydrogen-bond donors (Lipinski definition) is 1. The Morgan fingerprint density at radius 3 is 2.32 bits per heavy atom. The fourth-order valence-electron chi connectivity index (χ4n) is 3.64. The Labute approximate surface area is 192 Å². The minimum Gasteiger partial charge on any atom is -0.367 e. The molecule has 4 nitrogen and oxygen atoms in total. The van der Waals surface area contributed by atoms with Crippen molar-refractivity contribution >= 4 is 40.8 Å². The smallest absolute Gasteiger partial charge is 0.350 e. The lowest BCUT2D eigenvalue weighted by Crippen LogP contribution is -2.36. The number of rotatable bonds is 5. The molecular formula is C25H23Cl2N3O. The summed E-state index contributed by atoms with van der Waals surface area (Å²) in [5.41, 5.74) is 3.97. The predicted octanol–water partition coefficient (Wildman–Crippen LogP) is 6.99. The van der Waals surface area contributed by atoms with Crippen molar-refractivity contribution in [2.24, 2.45) is 4.99 Å². The summed E-state index contributed by atoms with van der Waals surface area (Å²) in [6.07, 6.45) is 0. The molecule has 0 fully saturated rings. The molecule has 1 heterocycles. The Morgan fingerprint density at radius 2 is 1.68 bits per heavy atom. The number of benzene rings is 3. The SMILES string of the molecule is CC(C)c1ccc(C2C(NCc3ccccc3)=NC(=O)N2c2ccc(Cl)c(Cl)c2)cc1. The highest BCUT2D eigenvalue weighted by molar-refractivity contribution is 6.42. The second-order valence-corrected chi connectivity index (χ2v) is 8.63. The van der Waals surface area contributed by atoms with Gasteiger partial charge in [-0.3, -0.25) is 4.90 Å². The number of nitrogens with zero attached hydrogens (tertiary/aromatic N) is 2. The van der Waals surface area contributed by atoms with Crippen LogP contribution in [0.2, 0.25) is 10.0 Å². The first kappa shape index (κ1) is 21.4. The summed E-state index contributed by atoms with van der Waals surface area (Å²) >= 11 is 12.3. The van der Waals surface area contributed by atoms with Gasteiger partial charge >= 0.3 is 6.03 Å². The molecule has 4 rings (SSSR count). The van der Waals surface area contributed by atoms with Crippen LogP contribution in [0.3, 0.4) is 0 Å². The molecule has 0 bridgehead atoms. The highest BCUT2D eigenvalue weighted by Crippen LogP contribution is 2.36. The van der Waals surface area contributed by atoms with Crippen LogP contribution in [0.25, 0.3) is 0 Å². The van der Waals surface area contributed by atoms with Gasteiger partial charge in [0.25, 0.3) is 0 Å². The third-order valence-corrected chi connectivity index (χ3v) is 6.10. The predicted molar refractivity (Wildman–Crippen MR) is 128 cm³/mol. The van der Waals surface area contributed by atoms with Crippen LogP contribution in [0.5, 0.6) is 0 Å². The number of aliphatic imine (C=N–C) groups is 1. The molecule has 158 valence electrons. The first-order valence-electron chi connectivity index (χ1n) is 10.2. The summed E-state index contributed by atoms with van der Waals surface area (Å²) in [6.45, 7) is 4.89. The van der Waals surface area contributed by atoms with Gasteiger partial charge < -0.3 is 5.32 Å². The molecule has 0 aliphatic carbocycles. The molecular weight excluding hydrogens is 429 g/mol. The highest BCUT2D eigenvalue weighted by atomic mass is 35.5. The van der Waals surface area contributed by atoms with Gasteiger partial charge in [-0.1, -0.05) is 91.6 Å². The van der Waals surface area contributed by atoms with Crippen molar-refractivity contribution in [2.45, 2.75) is 32.4 Å². The number of halogens is 2. The van der Waals surface area contributed by atoms with Crippen molar-refractivity contribution in [1.29, 1.82) is 0 Å². The average Bonchev–Trinajstić information content (AvgIpc) is 3.11. The molecule has 1 aliphatic heterocycles. The van der Waals surface area contributed by atoms with Crippen LogP contribution in [-0.4, -0.2) is 11.9 Å². The number of urea groups is 1. The third kappa shape index (κ3) is 4.60. The van der Waals surface area contributed by atoms with Gasteiger partial charge in [0.15, 0.2) is 0 Å². The lowest BCUT2D eigenvalue weighted by Gasteiger charge is -2.26. The molecule has 3 aromatic carbocycles. The lowest BCUT2D eigenvalue weighted by molar-refractivity contribution is 0.255. The van der Waals surface area contributed by atoms with Gasteiger partial charge in [-0.05, 0) is 40.8 Å². The normalized spacial score (nSPS) is 16.0. The molecule has 0 saturated carbocycles. The number of anilines is 1. The molecule has 0 saturated heterocycles. The van der Waals surface area contributed by atoms with E-state index in [4.69, 9.17) is 23.2 Å². The first-order valence-corrected chi connectivity index (χ1v) is 10.9. The zero-order valence-corrected chi connectivity index (χ0v) is 18.9. The molecule has 1 N–H and O–H groups in total. The number of nitrogens with one attached hydrogen (secondary N) is 1. The van der Waals surface area contributed by atoms with Crippen LogP contribution in [-0.2, 0) is 6.54 Å². The van der Waals surface area contributed by atoms with E-state index < -0.39 is 0 Å². The fourth-order valence-corrected chi connectivity index (χ4v) is 3.93. The Hall–Kier alpha value is -2.82. The van der Waals surface area contributed by atoms with E-state index >= 15 is 0 Å². The van der Waals surface area contributed by atoms with E-state index in [1.54, 1.807) is 23.1 Å². The summed E-state index contributed by atoms with van der Waals surface area (Å²) in [5, 5.41) is 4.21. The van der Waals surface area contributed by atoms with Crippen molar-refractivity contribution in [3.05, 3.63) is 99.5 Å². The molecule has 3 aromatic rings. The summed E-state index contributed by atoms with van der Waals surface area (Å²) in [4.78, 5) is 19.0. The standard InChI is InChI=1S/C25H23Cl2N3O/c1-16(2)18-8-10-19(11-9-18)23-24(28-15-17-6-4-3-5-7-17)29-25(31)30(23)20-12-13-21(26)22(27)14-20/h3-14,16,23H,15H2,1-2H3,(H,28,29,31). The zero-order valence-electron chi connectivity index (χ0n) is 17.3. The van der Waals surface area contributed by atoms with E-state index in [1.165, 1.54) is 5.56 Å². The van der Waals surface area contributed by atoms with Crippen molar-refractivity contribution in [3.63, 3.8) is 0 Å². The molecule has 2 amide bonds. The second kappa shape index (κ2) is 9.13. The van der Waals surface area contributed by atoms with Crippen LogP contribution < -0.4 is 10.2 Å². The molecule has 0 radical (unpaired) electrons. The topological polar surface area (TPSA) is 44.7 Å². The Kier molecular flexibility index (Phi) is 6.30. The van der Waals surface area contributed by atoms with Crippen molar-refractivity contribution in [1.82, 2.24) is 5.32 Å². The maximum Gasteiger partial charge on any atom is 0.350 e. The number of carbonyl (C=O) groups excluding carboxylic acids is 1. The van der Waals surface area contributed by atoms with Gasteiger partial charge in [-0.15, -0.1) is 0 Å². The Morgan fingerprint density at radius 1 is 0.968 bits per heavy atom. The molecule has 0 spiro atoms.